The van der Waals surface area contributed by atoms with E-state index in [2.05, 4.69) is 78.6 Å². The van der Waals surface area contributed by atoms with Gasteiger partial charge in [0.2, 0.25) is 16.0 Å². The second-order valence-electron chi connectivity index (χ2n) is 13.7. The first-order valence-corrected chi connectivity index (χ1v) is 20.0. The highest BCUT2D eigenvalue weighted by Crippen LogP contribution is 2.42. The molecule has 2 aromatic carbocycles. The zero-order valence-electron chi connectivity index (χ0n) is 29.2. The molecule has 2 atom stereocenters. The number of hydrogen-bond donors (Lipinski definition) is 4. The van der Waals surface area contributed by atoms with Crippen LogP contribution >= 0.6 is 15.9 Å². The van der Waals surface area contributed by atoms with Crippen LogP contribution in [0.25, 0.3) is 22.2 Å². The van der Waals surface area contributed by atoms with E-state index in [0.29, 0.717) is 62.5 Å². The van der Waals surface area contributed by atoms with E-state index in [9.17, 15) is 8.42 Å². The van der Waals surface area contributed by atoms with Crippen molar-refractivity contribution in [2.75, 3.05) is 59.8 Å². The number of nitrogens with zero attached hydrogens (tertiary/aromatic N) is 8. The first-order chi connectivity index (χ1) is 25.1. The van der Waals surface area contributed by atoms with E-state index in [1.165, 1.54) is 19.0 Å². The molecule has 15 nitrogen and oxygen atoms in total. The van der Waals surface area contributed by atoms with Crippen LogP contribution in [-0.4, -0.2) is 101 Å². The third-order valence-corrected chi connectivity index (χ3v) is 11.2. The Kier molecular flexibility index (Phi) is 9.35. The molecule has 0 radical (unpaired) electrons. The summed E-state index contributed by atoms with van der Waals surface area (Å²) >= 11 is 3.55. The number of hydrogen-bond acceptors (Lipinski definition) is 13. The minimum absolute atomic E-state index is 0.260. The smallest absolute Gasteiger partial charge is 0.229 e. The number of fused-ring (bicyclic) bond motifs is 3. The number of halogens is 1. The molecule has 17 heteroatoms. The number of sulfonamides is 1. The zero-order chi connectivity index (χ0) is 36.0. The molecule has 2 bridgehead atoms. The van der Waals surface area contributed by atoms with Crippen LogP contribution in [0.4, 0.5) is 34.5 Å². The lowest BCUT2D eigenvalue weighted by Gasteiger charge is -2.43. The summed E-state index contributed by atoms with van der Waals surface area (Å²) in [5.74, 6) is 1.36. The average Bonchev–Trinajstić information content (AvgIpc) is 3.73. The van der Waals surface area contributed by atoms with E-state index < -0.39 is 10.0 Å². The van der Waals surface area contributed by atoms with Gasteiger partial charge in [-0.15, -0.1) is 0 Å². The molecule has 6 heterocycles. The van der Waals surface area contributed by atoms with Crippen LogP contribution in [0, 0.1) is 0 Å². The molecule has 0 spiro atoms. The molecule has 0 amide bonds. The number of piperazine rings is 1. The molecule has 272 valence electrons. The normalized spacial score (nSPS) is 19.6. The summed E-state index contributed by atoms with van der Waals surface area (Å²) < 4.78 is 35.6. The van der Waals surface area contributed by atoms with Gasteiger partial charge in [0.25, 0.3) is 0 Å². The van der Waals surface area contributed by atoms with Crippen molar-refractivity contribution >= 4 is 71.5 Å². The van der Waals surface area contributed by atoms with Crippen molar-refractivity contribution in [3.8, 4) is 16.9 Å². The van der Waals surface area contributed by atoms with Crippen LogP contribution in [-0.2, 0) is 17.1 Å². The second-order valence-corrected chi connectivity index (χ2v) is 16.3. The summed E-state index contributed by atoms with van der Waals surface area (Å²) in [5, 5.41) is 14.9. The maximum absolute atomic E-state index is 12.3. The van der Waals surface area contributed by atoms with Gasteiger partial charge in [-0.3, -0.25) is 24.3 Å². The van der Waals surface area contributed by atoms with Crippen LogP contribution in [0.3, 0.4) is 0 Å². The molecular weight excluding hydrogens is 748 g/mol. The lowest BCUT2D eigenvalue weighted by molar-refractivity contribution is 0.121. The Balaban J connectivity index is 1.08. The third kappa shape index (κ3) is 7.22. The molecule has 0 aliphatic carbocycles. The molecule has 3 fully saturated rings. The lowest BCUT2D eigenvalue weighted by atomic mass is 9.98. The first-order valence-electron chi connectivity index (χ1n) is 17.3. The summed E-state index contributed by atoms with van der Waals surface area (Å²) in [4.78, 5) is 23.2. The van der Waals surface area contributed by atoms with E-state index in [-0.39, 0.29) is 5.69 Å². The van der Waals surface area contributed by atoms with Crippen molar-refractivity contribution in [2.24, 2.45) is 7.05 Å². The van der Waals surface area contributed by atoms with Crippen molar-refractivity contribution in [3.63, 3.8) is 0 Å². The summed E-state index contributed by atoms with van der Waals surface area (Å²) in [6.07, 6.45) is 14.5. The Morgan fingerprint density at radius 1 is 0.962 bits per heavy atom. The molecule has 3 aliphatic rings. The molecule has 4 N–H and O–H groups in total. The van der Waals surface area contributed by atoms with E-state index in [1.807, 2.05) is 24.1 Å². The van der Waals surface area contributed by atoms with E-state index in [4.69, 9.17) is 9.72 Å². The maximum atomic E-state index is 12.3. The van der Waals surface area contributed by atoms with Crippen molar-refractivity contribution in [1.29, 1.82) is 0 Å². The van der Waals surface area contributed by atoms with Crippen molar-refractivity contribution in [2.45, 2.75) is 43.8 Å². The molecule has 3 aromatic heterocycles. The predicted octanol–water partition coefficient (Wildman–Crippen LogP) is 4.86. The fourth-order valence-corrected chi connectivity index (χ4v) is 8.55. The number of methoxy groups -OCH3 is 1. The van der Waals surface area contributed by atoms with Crippen molar-refractivity contribution in [1.82, 2.24) is 39.9 Å². The fourth-order valence-electron chi connectivity index (χ4n) is 7.68. The van der Waals surface area contributed by atoms with E-state index in [0.717, 1.165) is 62.1 Å². The van der Waals surface area contributed by atoms with Crippen LogP contribution in [0.2, 0.25) is 0 Å². The van der Waals surface area contributed by atoms with Crippen LogP contribution in [0.1, 0.15) is 25.7 Å². The van der Waals surface area contributed by atoms with Gasteiger partial charge in [-0.25, -0.2) is 13.4 Å². The van der Waals surface area contributed by atoms with E-state index >= 15 is 0 Å². The number of rotatable bonds is 10. The highest BCUT2D eigenvalue weighted by Gasteiger charge is 2.36. The third-order valence-electron chi connectivity index (χ3n) is 10.1. The number of anilines is 6. The number of nitrogens with one attached hydrogen (secondary N) is 4. The van der Waals surface area contributed by atoms with Crippen LogP contribution < -0.4 is 30.3 Å². The van der Waals surface area contributed by atoms with Gasteiger partial charge >= 0.3 is 0 Å². The lowest BCUT2D eigenvalue weighted by Crippen LogP contribution is -2.56. The quantitative estimate of drug-likeness (QED) is 0.152. The second kappa shape index (κ2) is 14.1. The van der Waals surface area contributed by atoms with Gasteiger partial charge in [-0.2, -0.15) is 10.1 Å². The minimum Gasteiger partial charge on any atom is -0.494 e. The molecule has 3 saturated heterocycles. The number of aromatic nitrogens is 6. The van der Waals surface area contributed by atoms with Gasteiger partial charge in [0.15, 0.2) is 0 Å². The molecule has 0 saturated carbocycles. The molecule has 52 heavy (non-hydrogen) atoms. The minimum atomic E-state index is -3.64. The maximum Gasteiger partial charge on any atom is 0.229 e. The van der Waals surface area contributed by atoms with Gasteiger partial charge in [-0.05, 0) is 59.8 Å². The number of ether oxygens (including phenoxy) is 1. The monoisotopic (exact) mass is 788 g/mol. The fraction of sp³-hybridized carbons (Fsp3) is 0.400. The highest BCUT2D eigenvalue weighted by molar-refractivity contribution is 9.10. The first kappa shape index (κ1) is 34.5. The van der Waals surface area contributed by atoms with Gasteiger partial charge in [-0.1, -0.05) is 0 Å². The van der Waals surface area contributed by atoms with Gasteiger partial charge in [0.05, 0.1) is 46.6 Å². The van der Waals surface area contributed by atoms with E-state index in [1.54, 1.807) is 31.6 Å². The molecule has 2 unspecified atom stereocenters. The van der Waals surface area contributed by atoms with Crippen LogP contribution in [0.15, 0.2) is 59.7 Å². The highest BCUT2D eigenvalue weighted by atomic mass is 79.9. The molecule has 5 aromatic rings. The Morgan fingerprint density at radius 3 is 2.44 bits per heavy atom. The topological polar surface area (TPSA) is 167 Å². The summed E-state index contributed by atoms with van der Waals surface area (Å²) in [5.41, 5.74) is 5.44. The number of piperidine rings is 1. The SMILES string of the molecule is COc1cc(N2CCC(N3CC4CCC(C3)N4)CC2)c(-c2cnn(C)c2)cc1Nc1ncc(Br)c(Nc2ccc3nccnc3c2NS(C)(=O)=O)n1. The molecule has 3 aliphatic heterocycles. The number of benzene rings is 2. The Bertz CT molecular complexity index is 2210. The Morgan fingerprint density at radius 2 is 1.73 bits per heavy atom. The number of aryl methyl sites for hydroxylation is 1. The Labute approximate surface area is 310 Å². The molecule has 8 rings (SSSR count). The summed E-state index contributed by atoms with van der Waals surface area (Å²) in [6, 6.07) is 9.53. The van der Waals surface area contributed by atoms with Crippen LogP contribution in [0.5, 0.6) is 5.75 Å². The zero-order valence-corrected chi connectivity index (χ0v) is 31.6. The standard InChI is InChI=1S/C35H41BrN12O3S/c1-46-18-21(16-40-46)25-14-29(31(51-2)15-30(25)47-12-8-24(9-13-47)48-19-22-4-5-23(20-48)41-22)43-35-39-17-26(36)34(44-35)42-28-7-6-27-32(38-11-10-37-27)33(28)45-52(3,49)50/h6-7,10-11,14-18,22-24,41,45H,4-5,8-9,12-13,19-20H2,1-3H3,(H2,39,42,43,44). The summed E-state index contributed by atoms with van der Waals surface area (Å²) in [7, 11) is -0.0619. The Hall–Kier alpha value is -4.58. The predicted molar refractivity (Wildman–Crippen MR) is 206 cm³/mol. The van der Waals surface area contributed by atoms with Crippen molar-refractivity contribution < 1.29 is 13.2 Å². The van der Waals surface area contributed by atoms with Crippen molar-refractivity contribution in [3.05, 3.63) is 59.7 Å². The number of likely N-dealkylation sites (tertiary alicyclic amines) is 1. The summed E-state index contributed by atoms with van der Waals surface area (Å²) in [6.45, 7) is 4.21. The van der Waals surface area contributed by atoms with Gasteiger partial charge < -0.3 is 25.6 Å². The van der Waals surface area contributed by atoms with Gasteiger partial charge in [0, 0.05) is 99.0 Å². The molecular formula is C35H41BrN12O3S. The average molecular weight is 790 g/mol. The largest absolute Gasteiger partial charge is 0.494 e. The van der Waals surface area contributed by atoms with Gasteiger partial charge in [0.1, 0.15) is 17.1 Å².